The van der Waals surface area contributed by atoms with Crippen LogP contribution in [0.1, 0.15) is 37.3 Å². The van der Waals surface area contributed by atoms with Gasteiger partial charge in [-0.15, -0.1) is 0 Å². The number of allylic oxidation sites excluding steroid dienone is 1. The van der Waals surface area contributed by atoms with Crippen molar-refractivity contribution in [2.24, 2.45) is 0 Å². The van der Waals surface area contributed by atoms with Gasteiger partial charge in [0.1, 0.15) is 5.75 Å². The predicted molar refractivity (Wildman–Crippen MR) is 118 cm³/mol. The fourth-order valence-corrected chi connectivity index (χ4v) is 4.47. The van der Waals surface area contributed by atoms with Crippen LogP contribution in [0.4, 0.5) is 5.69 Å². The van der Waals surface area contributed by atoms with E-state index in [-0.39, 0.29) is 12.2 Å². The van der Waals surface area contributed by atoms with Crippen LogP contribution in [-0.2, 0) is 11.2 Å². The zero-order valence-electron chi connectivity index (χ0n) is 18.0. The molecule has 0 radical (unpaired) electrons. The predicted octanol–water partition coefficient (Wildman–Crippen LogP) is 1.81. The van der Waals surface area contributed by atoms with Gasteiger partial charge in [0.25, 0.3) is 6.17 Å². The van der Waals surface area contributed by atoms with E-state index in [9.17, 15) is 4.91 Å². The number of hydrogen-bond donors (Lipinski definition) is 4. The first-order valence-corrected chi connectivity index (χ1v) is 11.1. The third-order valence-electron chi connectivity index (χ3n) is 5.99. The zero-order valence-corrected chi connectivity index (χ0v) is 18.0. The van der Waals surface area contributed by atoms with Gasteiger partial charge in [-0.25, -0.2) is 5.32 Å². The summed E-state index contributed by atoms with van der Waals surface area (Å²) >= 11 is 0. The molecule has 0 saturated carbocycles. The second-order valence-corrected chi connectivity index (χ2v) is 8.32. The summed E-state index contributed by atoms with van der Waals surface area (Å²) in [6.07, 6.45) is 5.32. The molecule has 1 aromatic carbocycles. The quantitative estimate of drug-likeness (QED) is 0.398. The summed E-state index contributed by atoms with van der Waals surface area (Å²) in [7, 11) is 1.67. The Hall–Kier alpha value is -2.00. The lowest BCUT2D eigenvalue weighted by Crippen LogP contribution is -2.61. The highest BCUT2D eigenvalue weighted by Crippen LogP contribution is 2.39. The van der Waals surface area contributed by atoms with E-state index >= 15 is 0 Å². The van der Waals surface area contributed by atoms with Crippen LogP contribution in [0.25, 0.3) is 5.57 Å². The Morgan fingerprint density at radius 2 is 2.23 bits per heavy atom. The average Bonchev–Trinajstić information content (AvgIpc) is 3.04. The van der Waals surface area contributed by atoms with Crippen LogP contribution in [0.2, 0.25) is 0 Å². The smallest absolute Gasteiger partial charge is 0.335 e. The Kier molecular flexibility index (Phi) is 6.99. The molecule has 8 heteroatoms. The molecular formula is C22H34N5O3+. The number of anilines is 1. The molecule has 0 spiro atoms. The number of ether oxygens (including phenoxy) is 2. The fraction of sp³-hybridized carbons (Fsp3) is 0.636. The molecule has 4 rings (SSSR count). The normalized spacial score (nSPS) is 26.5. The number of hydrogen-bond acceptors (Lipinski definition) is 7. The van der Waals surface area contributed by atoms with Crippen LogP contribution in [-0.4, -0.2) is 63.2 Å². The second-order valence-electron chi connectivity index (χ2n) is 8.32. The molecule has 1 aromatic rings. The first-order valence-electron chi connectivity index (χ1n) is 11.1. The molecule has 8 nitrogen and oxygen atoms in total. The molecule has 1 saturated heterocycles. The highest BCUT2D eigenvalue weighted by atomic mass is 16.5. The van der Waals surface area contributed by atoms with Crippen LogP contribution >= 0.6 is 0 Å². The van der Waals surface area contributed by atoms with Crippen molar-refractivity contribution in [3.63, 3.8) is 0 Å². The van der Waals surface area contributed by atoms with E-state index in [1.54, 1.807) is 7.11 Å². The lowest BCUT2D eigenvalue weighted by molar-refractivity contribution is -0.637. The Bertz CT molecular complexity index is 797. The fourth-order valence-electron chi connectivity index (χ4n) is 4.47. The maximum atomic E-state index is 13.0. The monoisotopic (exact) mass is 416 g/mol. The third kappa shape index (κ3) is 4.83. The van der Waals surface area contributed by atoms with E-state index in [1.807, 2.05) is 0 Å². The summed E-state index contributed by atoms with van der Waals surface area (Å²) in [5.41, 5.74) is 4.65. The molecule has 0 aromatic heterocycles. The van der Waals surface area contributed by atoms with Gasteiger partial charge < -0.3 is 20.1 Å². The number of methoxy groups -OCH3 is 1. The van der Waals surface area contributed by atoms with Gasteiger partial charge in [0.2, 0.25) is 0 Å². The van der Waals surface area contributed by atoms with E-state index < -0.39 is 6.29 Å². The maximum absolute atomic E-state index is 13.0. The molecule has 3 unspecified atom stereocenters. The van der Waals surface area contributed by atoms with Crippen molar-refractivity contribution in [2.45, 2.75) is 51.1 Å². The molecule has 3 atom stereocenters. The van der Waals surface area contributed by atoms with Crippen molar-refractivity contribution in [2.75, 3.05) is 45.3 Å². The molecule has 30 heavy (non-hydrogen) atoms. The van der Waals surface area contributed by atoms with Gasteiger partial charge in [0.05, 0.1) is 18.0 Å². The second kappa shape index (κ2) is 9.87. The highest BCUT2D eigenvalue weighted by molar-refractivity contribution is 5.76. The number of rotatable bonds is 7. The van der Waals surface area contributed by atoms with Gasteiger partial charge in [-0.1, -0.05) is 6.08 Å². The molecule has 3 aliphatic rings. The minimum atomic E-state index is -0.494. The van der Waals surface area contributed by atoms with Gasteiger partial charge in [0.15, 0.2) is 0 Å². The zero-order chi connectivity index (χ0) is 20.9. The van der Waals surface area contributed by atoms with Gasteiger partial charge in [-0.3, -0.25) is 5.32 Å². The van der Waals surface area contributed by atoms with Gasteiger partial charge in [0, 0.05) is 60.8 Å². The van der Waals surface area contributed by atoms with Crippen LogP contribution in [0.5, 0.6) is 5.75 Å². The molecule has 164 valence electrons. The van der Waals surface area contributed by atoms with Gasteiger partial charge >= 0.3 is 6.29 Å². The Labute approximate surface area is 178 Å². The first-order chi connectivity index (χ1) is 14.7. The van der Waals surface area contributed by atoms with Crippen LogP contribution < -0.4 is 26.0 Å². The van der Waals surface area contributed by atoms with Crippen LogP contribution in [0.3, 0.4) is 0 Å². The van der Waals surface area contributed by atoms with Crippen molar-refractivity contribution in [3.05, 3.63) is 34.2 Å². The van der Waals surface area contributed by atoms with Crippen LogP contribution in [0, 0.1) is 4.91 Å². The average molecular weight is 417 g/mol. The minimum absolute atomic E-state index is 0.223. The summed E-state index contributed by atoms with van der Waals surface area (Å²) in [5, 5.41) is 13.6. The summed E-state index contributed by atoms with van der Waals surface area (Å²) in [4.78, 5) is 13.0. The Morgan fingerprint density at radius 1 is 1.33 bits per heavy atom. The van der Waals surface area contributed by atoms with Crippen molar-refractivity contribution < 1.29 is 14.2 Å². The van der Waals surface area contributed by atoms with Crippen molar-refractivity contribution >= 4 is 11.3 Å². The molecule has 3 aliphatic heterocycles. The summed E-state index contributed by atoms with van der Waals surface area (Å²) < 4.78 is 12.2. The Balaban J connectivity index is 1.54. The van der Waals surface area contributed by atoms with Crippen LogP contribution in [0.15, 0.2) is 18.2 Å². The SMILES string of the molecule is COCCNC1CC(C)NC(Nc2cc3c(c(C4=CCNCCC4)c2)OCC3)[N+]1=O. The summed E-state index contributed by atoms with van der Waals surface area (Å²) in [6.45, 7) is 5.98. The van der Waals surface area contributed by atoms with Gasteiger partial charge in [-0.2, -0.15) is 0 Å². The number of nitrogens with one attached hydrogen (secondary N) is 4. The molecule has 3 heterocycles. The third-order valence-corrected chi connectivity index (χ3v) is 5.99. The topological polar surface area (TPSA) is 86.7 Å². The molecule has 1 fully saturated rings. The molecule has 0 bridgehead atoms. The number of fused-ring (bicyclic) bond motifs is 1. The lowest BCUT2D eigenvalue weighted by atomic mass is 9.96. The van der Waals surface area contributed by atoms with E-state index in [0.29, 0.717) is 13.2 Å². The largest absolute Gasteiger partial charge is 0.492 e. The number of benzene rings is 1. The highest BCUT2D eigenvalue weighted by Gasteiger charge is 2.41. The minimum Gasteiger partial charge on any atom is -0.492 e. The number of nitrogens with zero attached hydrogens (tertiary/aromatic N) is 1. The summed E-state index contributed by atoms with van der Waals surface area (Å²) in [5.74, 6) is 1.01. The van der Waals surface area contributed by atoms with Crippen molar-refractivity contribution in [1.82, 2.24) is 16.0 Å². The standard InChI is InChI=1S/C22H34N5O3/c1-15-12-20(24-9-11-29-2)27(28)22(25-15)26-18-13-17-6-10-30-21(17)19(14-18)16-4-3-7-23-8-5-16/h5,13-15,20,22-26H,3-4,6-12H2,1-2H3/q+1. The molecule has 0 aliphatic carbocycles. The Morgan fingerprint density at radius 3 is 3.10 bits per heavy atom. The number of nitroso groups, excluding NO2 is 1. The first kappa shape index (κ1) is 21.2. The molecule has 0 amide bonds. The summed E-state index contributed by atoms with van der Waals surface area (Å²) in [6, 6.07) is 4.49. The van der Waals surface area contributed by atoms with E-state index in [2.05, 4.69) is 46.4 Å². The maximum Gasteiger partial charge on any atom is 0.335 e. The van der Waals surface area contributed by atoms with Crippen molar-refractivity contribution in [1.29, 1.82) is 0 Å². The van der Waals surface area contributed by atoms with E-state index in [0.717, 1.165) is 67.1 Å². The van der Waals surface area contributed by atoms with Gasteiger partial charge in [-0.05, 0) is 44.0 Å². The lowest BCUT2D eigenvalue weighted by Gasteiger charge is -2.28. The molecular weight excluding hydrogens is 382 g/mol. The molecule has 4 N–H and O–H groups in total. The van der Waals surface area contributed by atoms with E-state index in [4.69, 9.17) is 9.47 Å². The van der Waals surface area contributed by atoms with Crippen molar-refractivity contribution in [3.8, 4) is 5.75 Å². The van der Waals surface area contributed by atoms with E-state index in [1.165, 1.54) is 11.1 Å².